The molecule has 0 bridgehead atoms. The molecule has 0 aromatic heterocycles. The van der Waals surface area contributed by atoms with Crippen molar-refractivity contribution >= 4 is 11.9 Å². The summed E-state index contributed by atoms with van der Waals surface area (Å²) in [6.45, 7) is 5.66. The van der Waals surface area contributed by atoms with Crippen molar-refractivity contribution in [2.75, 3.05) is 13.1 Å². The van der Waals surface area contributed by atoms with Gasteiger partial charge in [0.1, 0.15) is 0 Å². The van der Waals surface area contributed by atoms with Gasteiger partial charge in [-0.25, -0.2) is 4.99 Å². The smallest absolute Gasteiger partial charge is 0.357 e. The Bertz CT molecular complexity index is 833. The van der Waals surface area contributed by atoms with Crippen LogP contribution in [-0.2, 0) is 19.3 Å². The van der Waals surface area contributed by atoms with E-state index in [1.54, 1.807) is 18.2 Å². The van der Waals surface area contributed by atoms with E-state index in [1.165, 1.54) is 12.1 Å². The molecule has 0 fully saturated rings. The van der Waals surface area contributed by atoms with Crippen LogP contribution < -0.4 is 16.0 Å². The molecule has 156 valence electrons. The van der Waals surface area contributed by atoms with Gasteiger partial charge in [-0.1, -0.05) is 24.3 Å². The molecule has 0 radical (unpaired) electrons. The van der Waals surface area contributed by atoms with Crippen LogP contribution in [0.25, 0.3) is 0 Å². The molecule has 0 aliphatic heterocycles. The first-order valence-electron chi connectivity index (χ1n) is 9.39. The predicted molar refractivity (Wildman–Crippen MR) is 108 cm³/mol. The van der Waals surface area contributed by atoms with E-state index >= 15 is 0 Å². The highest BCUT2D eigenvalue weighted by molar-refractivity contribution is 5.94. The molecular weight excluding hydrogens is 381 g/mol. The maximum absolute atomic E-state index is 12.6. The summed E-state index contributed by atoms with van der Waals surface area (Å²) in [6, 6.07) is 12.2. The first-order valence-corrected chi connectivity index (χ1v) is 9.39. The number of nitrogens with one attached hydrogen (secondary N) is 3. The number of guanidine groups is 1. The molecule has 0 spiro atoms. The number of hydrogen-bond acceptors (Lipinski definition) is 2. The molecule has 0 unspecified atom stereocenters. The number of halogens is 3. The summed E-state index contributed by atoms with van der Waals surface area (Å²) < 4.78 is 37.9. The average Bonchev–Trinajstić information content (AvgIpc) is 2.70. The van der Waals surface area contributed by atoms with E-state index in [9.17, 15) is 18.0 Å². The molecule has 2 rings (SSSR count). The molecule has 8 heteroatoms. The third kappa shape index (κ3) is 7.14. The highest BCUT2D eigenvalue weighted by Gasteiger charge is 2.29. The molecule has 0 saturated carbocycles. The second-order valence-electron chi connectivity index (χ2n) is 6.30. The van der Waals surface area contributed by atoms with Crippen LogP contribution in [0, 0.1) is 0 Å². The summed E-state index contributed by atoms with van der Waals surface area (Å²) in [5.74, 6) is 0.404. The van der Waals surface area contributed by atoms with Gasteiger partial charge in [0, 0.05) is 25.2 Å². The Labute approximate surface area is 168 Å². The Kier molecular flexibility index (Phi) is 8.06. The lowest BCUT2D eigenvalue weighted by atomic mass is 10.1. The second-order valence-corrected chi connectivity index (χ2v) is 6.30. The van der Waals surface area contributed by atoms with E-state index in [0.29, 0.717) is 43.3 Å². The number of nitrogens with zero attached hydrogens (tertiary/aromatic N) is 1. The van der Waals surface area contributed by atoms with Crippen LogP contribution in [0.4, 0.5) is 13.2 Å². The fourth-order valence-corrected chi connectivity index (χ4v) is 2.58. The molecule has 3 N–H and O–H groups in total. The molecule has 2 aromatic rings. The normalized spacial score (nSPS) is 11.8. The fraction of sp³-hybridized carbons (Fsp3) is 0.333. The van der Waals surface area contributed by atoms with Crippen molar-refractivity contribution in [3.63, 3.8) is 0 Å². The third-order valence-electron chi connectivity index (χ3n) is 4.03. The van der Waals surface area contributed by atoms with E-state index in [4.69, 9.17) is 0 Å². The van der Waals surface area contributed by atoms with Crippen LogP contribution in [0.3, 0.4) is 0 Å². The summed E-state index contributed by atoms with van der Waals surface area (Å²) >= 11 is 0. The summed E-state index contributed by atoms with van der Waals surface area (Å²) in [5, 5.41) is 8.95. The zero-order chi connectivity index (χ0) is 21.3. The zero-order valence-electron chi connectivity index (χ0n) is 16.4. The van der Waals surface area contributed by atoms with E-state index in [1.807, 2.05) is 19.9 Å². The number of benzene rings is 2. The van der Waals surface area contributed by atoms with Gasteiger partial charge in [0.25, 0.3) is 5.91 Å². The van der Waals surface area contributed by atoms with Gasteiger partial charge in [-0.2, -0.15) is 13.2 Å². The van der Waals surface area contributed by atoms with Crippen molar-refractivity contribution in [2.45, 2.75) is 33.1 Å². The Hall–Kier alpha value is -3.03. The van der Waals surface area contributed by atoms with Crippen molar-refractivity contribution in [1.82, 2.24) is 16.0 Å². The first kappa shape index (κ1) is 22.3. The molecule has 0 heterocycles. The Morgan fingerprint density at radius 1 is 0.931 bits per heavy atom. The van der Waals surface area contributed by atoms with Gasteiger partial charge >= 0.3 is 6.18 Å². The summed E-state index contributed by atoms with van der Waals surface area (Å²) in [5.41, 5.74) is 1.48. The number of hydrogen-bond donors (Lipinski definition) is 3. The lowest BCUT2D eigenvalue weighted by Crippen LogP contribution is -2.36. The topological polar surface area (TPSA) is 65.5 Å². The van der Waals surface area contributed by atoms with Gasteiger partial charge in [0.05, 0.1) is 12.1 Å². The van der Waals surface area contributed by atoms with Crippen LogP contribution in [0.2, 0.25) is 0 Å². The Morgan fingerprint density at radius 2 is 1.62 bits per heavy atom. The predicted octanol–water partition coefficient (Wildman–Crippen LogP) is 3.71. The number of carbonyl (C=O) groups excluding carboxylic acids is 1. The third-order valence-corrected chi connectivity index (χ3v) is 4.03. The van der Waals surface area contributed by atoms with Crippen molar-refractivity contribution in [2.24, 2.45) is 4.99 Å². The van der Waals surface area contributed by atoms with Crippen LogP contribution in [0.1, 0.15) is 40.9 Å². The van der Waals surface area contributed by atoms with Gasteiger partial charge in [-0.15, -0.1) is 0 Å². The maximum Gasteiger partial charge on any atom is 0.416 e. The van der Waals surface area contributed by atoms with Gasteiger partial charge in [-0.3, -0.25) is 4.79 Å². The molecule has 29 heavy (non-hydrogen) atoms. The minimum absolute atomic E-state index is 0.134. The van der Waals surface area contributed by atoms with Crippen molar-refractivity contribution in [1.29, 1.82) is 0 Å². The van der Waals surface area contributed by atoms with E-state index in [-0.39, 0.29) is 5.91 Å². The number of carbonyl (C=O) groups is 1. The van der Waals surface area contributed by atoms with Gasteiger partial charge < -0.3 is 16.0 Å². The standard InChI is InChI=1S/C21H25F3N4O/c1-3-25-19(29)17-7-5-6-16(12-17)14-28-20(26-4-2)27-13-15-8-10-18(11-9-15)21(22,23)24/h5-12H,3-4,13-14H2,1-2H3,(H,25,29)(H2,26,27,28). The SMILES string of the molecule is CCNC(=O)c1cccc(CN=C(NCC)NCc2ccc(C(F)(F)F)cc2)c1. The molecule has 0 saturated heterocycles. The molecule has 0 atom stereocenters. The number of aliphatic imine (C=N–C) groups is 1. The molecule has 2 aromatic carbocycles. The summed E-state index contributed by atoms with van der Waals surface area (Å²) in [6.07, 6.45) is -4.34. The van der Waals surface area contributed by atoms with Crippen molar-refractivity contribution < 1.29 is 18.0 Å². The number of alkyl halides is 3. The average molecular weight is 406 g/mol. The number of rotatable bonds is 7. The largest absolute Gasteiger partial charge is 0.416 e. The molecule has 0 aliphatic rings. The van der Waals surface area contributed by atoms with Gasteiger partial charge in [-0.05, 0) is 49.2 Å². The minimum Gasteiger partial charge on any atom is -0.357 e. The first-order chi connectivity index (χ1) is 13.8. The van der Waals surface area contributed by atoms with E-state index < -0.39 is 11.7 Å². The molecule has 5 nitrogen and oxygen atoms in total. The van der Waals surface area contributed by atoms with Gasteiger partial charge in [0.15, 0.2) is 5.96 Å². The Balaban J connectivity index is 2.01. The maximum atomic E-state index is 12.6. The van der Waals surface area contributed by atoms with E-state index in [0.717, 1.165) is 17.7 Å². The molecule has 0 aliphatic carbocycles. The fourth-order valence-electron chi connectivity index (χ4n) is 2.58. The highest BCUT2D eigenvalue weighted by Crippen LogP contribution is 2.29. The monoisotopic (exact) mass is 406 g/mol. The van der Waals surface area contributed by atoms with Crippen LogP contribution in [0.15, 0.2) is 53.5 Å². The van der Waals surface area contributed by atoms with Crippen LogP contribution >= 0.6 is 0 Å². The second kappa shape index (κ2) is 10.5. The number of amides is 1. The zero-order valence-corrected chi connectivity index (χ0v) is 16.4. The van der Waals surface area contributed by atoms with Crippen molar-refractivity contribution in [3.05, 3.63) is 70.8 Å². The van der Waals surface area contributed by atoms with Crippen LogP contribution in [0.5, 0.6) is 0 Å². The molecule has 1 amide bonds. The van der Waals surface area contributed by atoms with Crippen LogP contribution in [-0.4, -0.2) is 25.0 Å². The minimum atomic E-state index is -4.34. The van der Waals surface area contributed by atoms with Gasteiger partial charge in [0.2, 0.25) is 0 Å². The summed E-state index contributed by atoms with van der Waals surface area (Å²) in [4.78, 5) is 16.4. The lowest BCUT2D eigenvalue weighted by molar-refractivity contribution is -0.137. The lowest BCUT2D eigenvalue weighted by Gasteiger charge is -2.12. The highest BCUT2D eigenvalue weighted by atomic mass is 19.4. The summed E-state index contributed by atoms with van der Waals surface area (Å²) in [7, 11) is 0. The Morgan fingerprint density at radius 3 is 2.24 bits per heavy atom. The van der Waals surface area contributed by atoms with E-state index in [2.05, 4.69) is 20.9 Å². The molecular formula is C21H25F3N4O. The quantitative estimate of drug-likeness (QED) is 0.485. The van der Waals surface area contributed by atoms with Crippen molar-refractivity contribution in [3.8, 4) is 0 Å².